The van der Waals surface area contributed by atoms with Gasteiger partial charge in [-0.25, -0.2) is 0 Å². The molecule has 0 bridgehead atoms. The predicted molar refractivity (Wildman–Crippen MR) is 107 cm³/mol. The number of nitrogens with zero attached hydrogens (tertiary/aromatic N) is 2. The maximum atomic E-state index is 12.6. The molecule has 28 heavy (non-hydrogen) atoms. The van der Waals surface area contributed by atoms with E-state index in [1.807, 2.05) is 18.2 Å². The molecule has 1 aliphatic rings. The van der Waals surface area contributed by atoms with Crippen LogP contribution in [-0.2, 0) is 11.3 Å². The summed E-state index contributed by atoms with van der Waals surface area (Å²) in [5, 5.41) is 14.9. The van der Waals surface area contributed by atoms with Crippen LogP contribution >= 0.6 is 11.6 Å². The SMILES string of the molecule is O=C(CC[C@@H]1CCCN(C(=O)c2ccc[n+]([O-])c2)C1)NCc1ccccc1Cl. The first-order valence-electron chi connectivity index (χ1n) is 9.51. The van der Waals surface area contributed by atoms with E-state index in [4.69, 9.17) is 11.6 Å². The van der Waals surface area contributed by atoms with Crippen molar-refractivity contribution in [3.8, 4) is 0 Å². The highest BCUT2D eigenvalue weighted by Gasteiger charge is 2.25. The van der Waals surface area contributed by atoms with Gasteiger partial charge in [-0.05, 0) is 42.9 Å². The number of hydrogen-bond donors (Lipinski definition) is 1. The number of benzene rings is 1. The van der Waals surface area contributed by atoms with E-state index in [0.29, 0.717) is 41.4 Å². The van der Waals surface area contributed by atoms with Crippen molar-refractivity contribution in [2.45, 2.75) is 32.2 Å². The molecular weight excluding hydrogens is 378 g/mol. The first kappa shape index (κ1) is 20.1. The van der Waals surface area contributed by atoms with Crippen LogP contribution in [0.2, 0.25) is 5.02 Å². The Morgan fingerprint density at radius 2 is 2.07 bits per heavy atom. The summed E-state index contributed by atoms with van der Waals surface area (Å²) in [5.41, 5.74) is 1.29. The summed E-state index contributed by atoms with van der Waals surface area (Å²) in [7, 11) is 0. The summed E-state index contributed by atoms with van der Waals surface area (Å²) in [6.45, 7) is 1.71. The van der Waals surface area contributed by atoms with Gasteiger partial charge in [0.05, 0.1) is 0 Å². The van der Waals surface area contributed by atoms with Crippen molar-refractivity contribution < 1.29 is 14.3 Å². The van der Waals surface area contributed by atoms with Crippen molar-refractivity contribution in [1.82, 2.24) is 10.2 Å². The summed E-state index contributed by atoms with van der Waals surface area (Å²) in [6, 6.07) is 10.7. The third kappa shape index (κ3) is 5.45. The Balaban J connectivity index is 1.46. The molecule has 6 nitrogen and oxygen atoms in total. The molecule has 1 aromatic heterocycles. The smallest absolute Gasteiger partial charge is 0.259 e. The van der Waals surface area contributed by atoms with Crippen LogP contribution in [0.15, 0.2) is 48.8 Å². The summed E-state index contributed by atoms with van der Waals surface area (Å²) < 4.78 is 0.637. The van der Waals surface area contributed by atoms with Gasteiger partial charge < -0.3 is 15.4 Å². The van der Waals surface area contributed by atoms with E-state index in [1.54, 1.807) is 23.1 Å². The molecule has 148 valence electrons. The van der Waals surface area contributed by atoms with Gasteiger partial charge in [0.1, 0.15) is 5.56 Å². The van der Waals surface area contributed by atoms with Crippen molar-refractivity contribution in [3.05, 3.63) is 70.1 Å². The number of likely N-dealkylation sites (tertiary alicyclic amines) is 1. The quantitative estimate of drug-likeness (QED) is 0.597. The van der Waals surface area contributed by atoms with Gasteiger partial charge in [0.2, 0.25) is 5.91 Å². The number of amides is 2. The van der Waals surface area contributed by atoms with Gasteiger partial charge in [0.25, 0.3) is 5.91 Å². The van der Waals surface area contributed by atoms with Gasteiger partial charge in [0.15, 0.2) is 12.4 Å². The molecular formula is C21H24ClN3O3. The van der Waals surface area contributed by atoms with Gasteiger partial charge >= 0.3 is 0 Å². The Labute approximate surface area is 169 Å². The predicted octanol–water partition coefficient (Wildman–Crippen LogP) is 2.92. The Morgan fingerprint density at radius 1 is 1.25 bits per heavy atom. The van der Waals surface area contributed by atoms with Crippen molar-refractivity contribution in [2.24, 2.45) is 5.92 Å². The fourth-order valence-electron chi connectivity index (χ4n) is 3.51. The Morgan fingerprint density at radius 3 is 2.86 bits per heavy atom. The van der Waals surface area contributed by atoms with E-state index in [0.717, 1.165) is 24.8 Å². The third-order valence-corrected chi connectivity index (χ3v) is 5.41. The van der Waals surface area contributed by atoms with E-state index >= 15 is 0 Å². The molecule has 2 amide bonds. The van der Waals surface area contributed by atoms with Crippen LogP contribution in [0.4, 0.5) is 0 Å². The molecule has 0 aliphatic carbocycles. The zero-order valence-corrected chi connectivity index (χ0v) is 16.4. The second kappa shape index (κ2) is 9.55. The van der Waals surface area contributed by atoms with Crippen LogP contribution in [0.1, 0.15) is 41.6 Å². The molecule has 2 aromatic rings. The highest BCUT2D eigenvalue weighted by Crippen LogP contribution is 2.22. The monoisotopic (exact) mass is 401 g/mol. The van der Waals surface area contributed by atoms with Gasteiger partial charge in [-0.3, -0.25) is 9.59 Å². The summed E-state index contributed by atoms with van der Waals surface area (Å²) in [5.74, 6) is 0.142. The Kier molecular flexibility index (Phi) is 6.87. The number of halogens is 1. The number of pyridine rings is 1. The molecule has 7 heteroatoms. The van der Waals surface area contributed by atoms with Crippen LogP contribution in [-0.4, -0.2) is 29.8 Å². The number of carbonyl (C=O) groups excluding carboxylic acids is 2. The lowest BCUT2D eigenvalue weighted by molar-refractivity contribution is -0.605. The molecule has 1 aromatic carbocycles. The number of carbonyl (C=O) groups is 2. The standard InChI is InChI=1S/C21H24ClN3O3/c22-19-8-2-1-6-17(19)13-23-20(26)10-9-16-5-3-11-24(14-16)21(27)18-7-4-12-25(28)15-18/h1-2,4,6-8,12,15-16H,3,5,9-11,13-14H2,(H,23,26)/t16-/m0/s1. The Bertz CT molecular complexity index is 843. The fraction of sp³-hybridized carbons (Fsp3) is 0.381. The normalized spacial score (nSPS) is 16.6. The van der Waals surface area contributed by atoms with Crippen molar-refractivity contribution in [1.29, 1.82) is 0 Å². The van der Waals surface area contributed by atoms with Crippen LogP contribution in [0.3, 0.4) is 0 Å². The molecule has 0 spiro atoms. The summed E-state index contributed by atoms with van der Waals surface area (Å²) >= 11 is 6.10. The second-order valence-electron chi connectivity index (χ2n) is 7.12. The van der Waals surface area contributed by atoms with E-state index in [2.05, 4.69) is 5.32 Å². The number of piperidine rings is 1. The highest BCUT2D eigenvalue weighted by atomic mass is 35.5. The minimum absolute atomic E-state index is 0.0150. The fourth-order valence-corrected chi connectivity index (χ4v) is 3.71. The lowest BCUT2D eigenvalue weighted by atomic mass is 9.93. The maximum Gasteiger partial charge on any atom is 0.259 e. The molecule has 3 rings (SSSR count). The minimum atomic E-state index is -0.127. The van der Waals surface area contributed by atoms with Crippen LogP contribution in [0.25, 0.3) is 0 Å². The molecule has 1 aliphatic heterocycles. The van der Waals surface area contributed by atoms with Crippen LogP contribution < -0.4 is 10.0 Å². The highest BCUT2D eigenvalue weighted by molar-refractivity contribution is 6.31. The van der Waals surface area contributed by atoms with E-state index < -0.39 is 0 Å². The largest absolute Gasteiger partial charge is 0.619 e. The zero-order chi connectivity index (χ0) is 19.9. The summed E-state index contributed by atoms with van der Waals surface area (Å²) in [6.07, 6.45) is 5.71. The lowest BCUT2D eigenvalue weighted by Crippen LogP contribution is -2.41. The molecule has 1 N–H and O–H groups in total. The lowest BCUT2D eigenvalue weighted by Gasteiger charge is -2.32. The first-order chi connectivity index (χ1) is 13.5. The van der Waals surface area contributed by atoms with Crippen LogP contribution in [0, 0.1) is 11.1 Å². The van der Waals surface area contributed by atoms with E-state index in [-0.39, 0.29) is 17.7 Å². The molecule has 0 saturated carbocycles. The number of hydrogen-bond acceptors (Lipinski definition) is 3. The minimum Gasteiger partial charge on any atom is -0.619 e. The second-order valence-corrected chi connectivity index (χ2v) is 7.53. The molecule has 1 fully saturated rings. The van der Waals surface area contributed by atoms with Gasteiger partial charge in [-0.1, -0.05) is 29.8 Å². The number of nitrogens with one attached hydrogen (secondary N) is 1. The molecule has 1 atom stereocenters. The van der Waals surface area contributed by atoms with Gasteiger partial charge in [-0.15, -0.1) is 0 Å². The summed E-state index contributed by atoms with van der Waals surface area (Å²) in [4.78, 5) is 26.6. The number of rotatable bonds is 6. The van der Waals surface area contributed by atoms with Gasteiger partial charge in [0, 0.05) is 37.1 Å². The molecule has 0 radical (unpaired) electrons. The topological polar surface area (TPSA) is 76.4 Å². The molecule has 2 heterocycles. The van der Waals surface area contributed by atoms with Gasteiger partial charge in [-0.2, -0.15) is 4.73 Å². The number of aromatic nitrogens is 1. The zero-order valence-electron chi connectivity index (χ0n) is 15.6. The van der Waals surface area contributed by atoms with Crippen LogP contribution in [0.5, 0.6) is 0 Å². The Hall–Kier alpha value is -2.60. The van der Waals surface area contributed by atoms with Crippen molar-refractivity contribution >= 4 is 23.4 Å². The average Bonchev–Trinajstić information content (AvgIpc) is 2.71. The maximum absolute atomic E-state index is 12.6. The first-order valence-corrected chi connectivity index (χ1v) is 9.89. The molecule has 0 unspecified atom stereocenters. The van der Waals surface area contributed by atoms with Crippen molar-refractivity contribution in [3.63, 3.8) is 0 Å². The van der Waals surface area contributed by atoms with Crippen molar-refractivity contribution in [2.75, 3.05) is 13.1 Å². The average molecular weight is 402 g/mol. The van der Waals surface area contributed by atoms with E-state index in [9.17, 15) is 14.8 Å². The molecule has 1 saturated heterocycles. The van der Waals surface area contributed by atoms with E-state index in [1.165, 1.54) is 12.4 Å². The third-order valence-electron chi connectivity index (χ3n) is 5.04.